The second-order valence-electron chi connectivity index (χ2n) is 15.9. The summed E-state index contributed by atoms with van der Waals surface area (Å²) in [5, 5.41) is 61.0. The van der Waals surface area contributed by atoms with E-state index in [1.807, 2.05) is 24.1 Å². The van der Waals surface area contributed by atoms with Crippen molar-refractivity contribution in [2.45, 2.75) is 119 Å². The van der Waals surface area contributed by atoms with Gasteiger partial charge in [0.1, 0.15) is 67.3 Å². The minimum absolute atomic E-state index is 0.0770. The molecule has 0 bridgehead atoms. The fraction of sp³-hybridized carbons (Fsp3) is 0.700. The van der Waals surface area contributed by atoms with Crippen LogP contribution in [-0.2, 0) is 47.6 Å². The molecular weight excluding hydrogens is 863 g/mol. The zero-order chi connectivity index (χ0) is 46.8. The van der Waals surface area contributed by atoms with E-state index in [9.17, 15) is 39.6 Å². The number of likely N-dealkylation sites (tertiary alicyclic amines) is 1. The van der Waals surface area contributed by atoms with Crippen molar-refractivity contribution in [2.24, 2.45) is 5.92 Å². The summed E-state index contributed by atoms with van der Waals surface area (Å²) in [6.45, 7) is 3.78. The van der Waals surface area contributed by atoms with Gasteiger partial charge in [0.05, 0.1) is 31.2 Å². The van der Waals surface area contributed by atoms with Crippen molar-refractivity contribution >= 4 is 57.9 Å². The number of fused-ring (bicyclic) bond motifs is 1. The van der Waals surface area contributed by atoms with Crippen LogP contribution in [0.25, 0.3) is 11.0 Å². The number of hydrogen-bond acceptors (Lipinski definition) is 19. The van der Waals surface area contributed by atoms with Crippen LogP contribution in [0.4, 0.5) is 5.82 Å². The van der Waals surface area contributed by atoms with Gasteiger partial charge in [0.25, 0.3) is 5.91 Å². The average Bonchev–Trinajstić information content (AvgIpc) is 3.72. The number of unbranched alkanes of at least 4 members (excludes halogenated alkanes) is 1. The normalized spacial score (nSPS) is 29.9. The monoisotopic (exact) mass is 921 g/mol. The molecule has 3 saturated heterocycles. The van der Waals surface area contributed by atoms with E-state index in [-0.39, 0.29) is 42.4 Å². The zero-order valence-corrected chi connectivity index (χ0v) is 37.4. The van der Waals surface area contributed by atoms with Crippen LogP contribution < -0.4 is 20.9 Å². The number of aromatic nitrogens is 3. The summed E-state index contributed by atoms with van der Waals surface area (Å²) < 4.78 is 34.6. The van der Waals surface area contributed by atoms with Crippen molar-refractivity contribution in [1.29, 1.82) is 5.26 Å². The fourth-order valence-electron chi connectivity index (χ4n) is 8.29. The number of aliphatic hydroxyl groups is 4. The predicted molar refractivity (Wildman–Crippen MR) is 227 cm³/mol. The van der Waals surface area contributed by atoms with E-state index < -0.39 is 91.8 Å². The molecule has 23 nitrogen and oxygen atoms in total. The number of anilines is 1. The van der Waals surface area contributed by atoms with Crippen LogP contribution >= 0.6 is 12.2 Å². The SMILES string of the molecule is COC(=O)[C@H](CCCCNC(=O)C1O[C@@H](O[C@@H]2C(NC(C)=O)[C@H](OC)OC(CO)[C@H]2O)C(O)[C@@H](O)[C@@H]1OC)NC(=S)n1ccc2c(N(C)[C@H]3CN(C(=O)CC#N)CC[C@H]3C)ncnc21. The molecule has 354 valence electrons. The van der Waals surface area contributed by atoms with E-state index in [0.29, 0.717) is 42.8 Å². The molecule has 0 aromatic carbocycles. The van der Waals surface area contributed by atoms with E-state index in [0.717, 1.165) is 6.42 Å². The largest absolute Gasteiger partial charge is 0.467 e. The number of methoxy groups -OCH3 is 3. The lowest BCUT2D eigenvalue weighted by Gasteiger charge is -2.47. The number of esters is 1. The maximum Gasteiger partial charge on any atom is 0.328 e. The van der Waals surface area contributed by atoms with Crippen LogP contribution in [0.5, 0.6) is 0 Å². The van der Waals surface area contributed by atoms with E-state index in [4.69, 9.17) is 45.9 Å². The molecule has 5 heterocycles. The molecule has 3 fully saturated rings. The first-order valence-corrected chi connectivity index (χ1v) is 21.3. The molecule has 3 amide bonds. The molecule has 0 spiro atoms. The van der Waals surface area contributed by atoms with Crippen molar-refractivity contribution < 1.29 is 68.0 Å². The van der Waals surface area contributed by atoms with Crippen molar-refractivity contribution in [3.05, 3.63) is 18.6 Å². The van der Waals surface area contributed by atoms with E-state index >= 15 is 0 Å². The fourth-order valence-corrected chi connectivity index (χ4v) is 8.58. The third-order valence-electron chi connectivity index (χ3n) is 11.8. The maximum absolute atomic E-state index is 13.5. The molecular formula is C40H59N9O14S. The van der Waals surface area contributed by atoms with Gasteiger partial charge in [-0.2, -0.15) is 5.26 Å². The highest BCUT2D eigenvalue weighted by atomic mass is 32.1. The molecule has 0 radical (unpaired) electrons. The van der Waals surface area contributed by atoms with Crippen molar-refractivity contribution in [1.82, 2.24) is 35.4 Å². The molecule has 5 rings (SSSR count). The minimum Gasteiger partial charge on any atom is -0.467 e. The predicted octanol–water partition coefficient (Wildman–Crippen LogP) is -2.36. The Hall–Kier alpha value is -4.68. The first-order chi connectivity index (χ1) is 30.6. The third kappa shape index (κ3) is 11.4. The lowest BCUT2D eigenvalue weighted by Crippen LogP contribution is -2.68. The highest BCUT2D eigenvalue weighted by Crippen LogP contribution is 2.32. The first kappa shape index (κ1) is 50.3. The minimum atomic E-state index is -1.78. The van der Waals surface area contributed by atoms with Crippen LogP contribution in [0.1, 0.15) is 46.0 Å². The number of nitrogens with zero attached hydrogens (tertiary/aromatic N) is 6. The Morgan fingerprint density at radius 1 is 1.06 bits per heavy atom. The molecule has 24 heteroatoms. The number of ether oxygens (including phenoxy) is 6. The van der Waals surface area contributed by atoms with Gasteiger partial charge in [0.15, 0.2) is 29.4 Å². The number of nitriles is 1. The number of rotatable bonds is 17. The second-order valence-corrected chi connectivity index (χ2v) is 16.3. The molecule has 3 aliphatic heterocycles. The van der Waals surface area contributed by atoms with Gasteiger partial charge in [-0.25, -0.2) is 14.8 Å². The average molecular weight is 922 g/mol. The van der Waals surface area contributed by atoms with Crippen molar-refractivity contribution in [3.63, 3.8) is 0 Å². The molecule has 64 heavy (non-hydrogen) atoms. The summed E-state index contributed by atoms with van der Waals surface area (Å²) in [5.41, 5.74) is 0.483. The summed E-state index contributed by atoms with van der Waals surface area (Å²) in [4.78, 5) is 63.8. The van der Waals surface area contributed by atoms with Gasteiger partial charge >= 0.3 is 5.97 Å². The van der Waals surface area contributed by atoms with Gasteiger partial charge in [0, 0.05) is 54.0 Å². The zero-order valence-electron chi connectivity index (χ0n) is 36.6. The molecule has 3 aliphatic rings. The number of aliphatic hydroxyl groups excluding tert-OH is 4. The van der Waals surface area contributed by atoms with E-state index in [1.165, 1.54) is 34.6 Å². The Labute approximate surface area is 375 Å². The Kier molecular flexibility index (Phi) is 18.1. The number of carbonyl (C=O) groups is 4. The molecule has 0 saturated carbocycles. The Balaban J connectivity index is 1.19. The highest BCUT2D eigenvalue weighted by molar-refractivity contribution is 7.80. The van der Waals surface area contributed by atoms with Gasteiger partial charge in [-0.3, -0.25) is 19.0 Å². The number of likely N-dealkylation sites (N-methyl/N-ethyl adjacent to an activating group) is 1. The first-order valence-electron chi connectivity index (χ1n) is 20.9. The van der Waals surface area contributed by atoms with Crippen molar-refractivity contribution in [2.75, 3.05) is 59.5 Å². The van der Waals surface area contributed by atoms with Crippen LogP contribution in [0.15, 0.2) is 18.6 Å². The molecule has 2 aromatic heterocycles. The number of carbonyl (C=O) groups excluding carboxylic acids is 4. The smallest absolute Gasteiger partial charge is 0.328 e. The Bertz CT molecular complexity index is 1990. The molecule has 0 aliphatic carbocycles. The topological polar surface area (TPSA) is 302 Å². The van der Waals surface area contributed by atoms with Crippen LogP contribution in [-0.4, -0.2) is 197 Å². The quantitative estimate of drug-likeness (QED) is 0.0496. The number of hydrogen-bond donors (Lipinski definition) is 7. The lowest BCUT2D eigenvalue weighted by atomic mass is 9.92. The van der Waals surface area contributed by atoms with Gasteiger partial charge in [-0.1, -0.05) is 6.92 Å². The number of thiocarbonyl (C=S) groups is 1. The number of piperidine rings is 1. The number of nitrogens with one attached hydrogen (secondary N) is 3. The third-order valence-corrected chi connectivity index (χ3v) is 12.2. The lowest BCUT2D eigenvalue weighted by molar-refractivity contribution is -0.338. The Morgan fingerprint density at radius 2 is 1.81 bits per heavy atom. The molecule has 7 N–H and O–H groups in total. The van der Waals surface area contributed by atoms with Gasteiger partial charge < -0.3 is 74.6 Å². The van der Waals surface area contributed by atoms with E-state index in [1.54, 1.807) is 15.7 Å². The summed E-state index contributed by atoms with van der Waals surface area (Å²) >= 11 is 5.74. The van der Waals surface area contributed by atoms with Crippen LogP contribution in [0, 0.1) is 17.2 Å². The van der Waals surface area contributed by atoms with Gasteiger partial charge in [0.2, 0.25) is 11.8 Å². The van der Waals surface area contributed by atoms with Crippen LogP contribution in [0.2, 0.25) is 0 Å². The molecule has 2 aromatic rings. The molecule has 13 atom stereocenters. The highest BCUT2D eigenvalue weighted by Gasteiger charge is 2.53. The van der Waals surface area contributed by atoms with E-state index in [2.05, 4.69) is 32.8 Å². The summed E-state index contributed by atoms with van der Waals surface area (Å²) in [6.07, 6.45) is -8.72. The van der Waals surface area contributed by atoms with Gasteiger partial charge in [-0.05, 0) is 49.9 Å². The van der Waals surface area contributed by atoms with Crippen molar-refractivity contribution in [3.8, 4) is 6.07 Å². The standard InChI is InChI=1S/C40H59N9O14S/c1-20-11-15-48(26(52)10-13-41)17-24(20)47(3)34-22-12-16-49(35(22)44-19-43-34)40(64)46-23(37(57)59-5)9-7-8-14-42-36(56)33-32(58-4)29(54)30(55)39(63-33)62-31-27(45-21(2)51)38(60-6)61-25(18-50)28(31)53/h12,16,19-20,23-25,27-33,38-39,50,53-55H,7-11,14-15,17-18H2,1-6H3,(H,42,56)(H,45,51)(H,46,64)/t20-,23+,24+,25?,27?,28-,29-,30?,31-,32+,33?,38-,39-/m1/s1. The maximum atomic E-state index is 13.5. The van der Waals surface area contributed by atoms with Crippen LogP contribution in [0.3, 0.4) is 0 Å². The van der Waals surface area contributed by atoms with Gasteiger partial charge in [-0.15, -0.1) is 0 Å². The number of amides is 3. The molecule has 4 unspecified atom stereocenters. The summed E-state index contributed by atoms with van der Waals surface area (Å²) in [7, 11) is 5.65. The second kappa shape index (κ2) is 23.0. The Morgan fingerprint density at radius 3 is 2.47 bits per heavy atom. The summed E-state index contributed by atoms with van der Waals surface area (Å²) in [5.74, 6) is -1.19. The summed E-state index contributed by atoms with van der Waals surface area (Å²) in [6, 6.07) is 1.63.